The van der Waals surface area contributed by atoms with Crippen molar-refractivity contribution >= 4 is 17.3 Å². The van der Waals surface area contributed by atoms with E-state index in [4.69, 9.17) is 4.74 Å². The van der Waals surface area contributed by atoms with Gasteiger partial charge in [0.2, 0.25) is 5.91 Å². The number of ether oxygens (including phenoxy) is 1. The van der Waals surface area contributed by atoms with Crippen molar-refractivity contribution in [2.45, 2.75) is 19.3 Å². The van der Waals surface area contributed by atoms with Gasteiger partial charge in [0, 0.05) is 25.7 Å². The van der Waals surface area contributed by atoms with Crippen molar-refractivity contribution in [2.24, 2.45) is 5.92 Å². The Labute approximate surface area is 110 Å². The van der Waals surface area contributed by atoms with E-state index < -0.39 is 4.92 Å². The van der Waals surface area contributed by atoms with Gasteiger partial charge in [-0.25, -0.2) is 0 Å². The molecule has 2 rings (SSSR count). The number of hydrogen-bond donors (Lipinski definition) is 1. The van der Waals surface area contributed by atoms with Gasteiger partial charge in [-0.2, -0.15) is 0 Å². The number of carbonyl (C=O) groups excluding carboxylic acids is 1. The maximum Gasteiger partial charge on any atom is 0.292 e. The second kappa shape index (κ2) is 6.29. The summed E-state index contributed by atoms with van der Waals surface area (Å²) in [7, 11) is 0. The van der Waals surface area contributed by atoms with Crippen LogP contribution in [0.1, 0.15) is 19.3 Å². The van der Waals surface area contributed by atoms with Crippen LogP contribution in [0.4, 0.5) is 11.4 Å². The predicted octanol–water partition coefficient (Wildman–Crippen LogP) is 2.35. The zero-order valence-corrected chi connectivity index (χ0v) is 10.5. The lowest BCUT2D eigenvalue weighted by atomic mass is 9.96. The minimum Gasteiger partial charge on any atom is -0.381 e. The van der Waals surface area contributed by atoms with Crippen molar-refractivity contribution in [1.82, 2.24) is 0 Å². The van der Waals surface area contributed by atoms with Crippen molar-refractivity contribution in [3.05, 3.63) is 34.4 Å². The summed E-state index contributed by atoms with van der Waals surface area (Å²) in [5.74, 6) is 0.123. The Kier molecular flexibility index (Phi) is 4.46. The molecule has 0 spiro atoms. The number of carbonyl (C=O) groups is 1. The number of nitrogens with zero attached hydrogens (tertiary/aromatic N) is 1. The van der Waals surface area contributed by atoms with Gasteiger partial charge in [0.15, 0.2) is 0 Å². The third kappa shape index (κ3) is 3.75. The van der Waals surface area contributed by atoms with Gasteiger partial charge >= 0.3 is 0 Å². The maximum absolute atomic E-state index is 11.9. The van der Waals surface area contributed by atoms with Crippen molar-refractivity contribution < 1.29 is 14.5 Å². The number of hydrogen-bond acceptors (Lipinski definition) is 4. The van der Waals surface area contributed by atoms with E-state index in [1.165, 1.54) is 6.07 Å². The molecule has 1 aromatic rings. The number of anilines is 1. The van der Waals surface area contributed by atoms with E-state index in [2.05, 4.69) is 5.32 Å². The van der Waals surface area contributed by atoms with E-state index in [0.717, 1.165) is 12.8 Å². The van der Waals surface area contributed by atoms with Gasteiger partial charge in [0.25, 0.3) is 5.69 Å². The minimum atomic E-state index is -0.496. The van der Waals surface area contributed by atoms with Gasteiger partial charge in [-0.05, 0) is 24.8 Å². The molecular weight excluding hydrogens is 248 g/mol. The molecule has 6 nitrogen and oxygen atoms in total. The van der Waals surface area contributed by atoms with Crippen LogP contribution in [0.15, 0.2) is 24.3 Å². The molecule has 1 saturated heterocycles. The van der Waals surface area contributed by atoms with E-state index in [-0.39, 0.29) is 17.3 Å². The summed E-state index contributed by atoms with van der Waals surface area (Å²) in [5, 5.41) is 13.4. The Hall–Kier alpha value is -1.95. The van der Waals surface area contributed by atoms with Gasteiger partial charge in [0.1, 0.15) is 5.69 Å². The summed E-state index contributed by atoms with van der Waals surface area (Å²) in [6, 6.07) is 6.16. The zero-order valence-electron chi connectivity index (χ0n) is 10.5. The maximum atomic E-state index is 11.9. The van der Waals surface area contributed by atoms with Crippen molar-refractivity contribution in [1.29, 1.82) is 0 Å². The van der Waals surface area contributed by atoms with E-state index in [9.17, 15) is 14.9 Å². The highest BCUT2D eigenvalue weighted by Gasteiger charge is 2.19. The Balaban J connectivity index is 1.96. The SMILES string of the molecule is O=C(CC1CCOCC1)Nc1ccccc1[N+](=O)[O-]. The number of para-hydroxylation sites is 2. The molecule has 0 saturated carbocycles. The van der Waals surface area contributed by atoms with Crippen molar-refractivity contribution in [3.63, 3.8) is 0 Å². The first-order chi connectivity index (χ1) is 9.16. The summed E-state index contributed by atoms with van der Waals surface area (Å²) in [6.07, 6.45) is 2.12. The van der Waals surface area contributed by atoms with Crippen LogP contribution < -0.4 is 5.32 Å². The topological polar surface area (TPSA) is 81.5 Å². The van der Waals surface area contributed by atoms with E-state index in [1.807, 2.05) is 0 Å². The second-order valence-corrected chi connectivity index (χ2v) is 4.58. The summed E-state index contributed by atoms with van der Waals surface area (Å²) < 4.78 is 5.23. The summed E-state index contributed by atoms with van der Waals surface area (Å²) in [6.45, 7) is 1.37. The number of rotatable bonds is 4. The Morgan fingerprint density at radius 1 is 1.37 bits per heavy atom. The number of amides is 1. The van der Waals surface area contributed by atoms with Gasteiger partial charge < -0.3 is 10.1 Å². The van der Waals surface area contributed by atoms with Crippen molar-refractivity contribution in [2.75, 3.05) is 18.5 Å². The first-order valence-corrected chi connectivity index (χ1v) is 6.28. The van der Waals surface area contributed by atoms with Crippen LogP contribution in [0, 0.1) is 16.0 Å². The third-order valence-corrected chi connectivity index (χ3v) is 3.19. The van der Waals surface area contributed by atoms with Crippen LogP contribution in [0.5, 0.6) is 0 Å². The Morgan fingerprint density at radius 3 is 2.74 bits per heavy atom. The Bertz CT molecular complexity index is 469. The largest absolute Gasteiger partial charge is 0.381 e. The first kappa shape index (κ1) is 13.5. The monoisotopic (exact) mass is 264 g/mol. The number of nitro groups is 1. The predicted molar refractivity (Wildman–Crippen MR) is 69.9 cm³/mol. The highest BCUT2D eigenvalue weighted by atomic mass is 16.6. The first-order valence-electron chi connectivity index (χ1n) is 6.28. The molecule has 0 unspecified atom stereocenters. The van der Waals surface area contributed by atoms with Crippen molar-refractivity contribution in [3.8, 4) is 0 Å². The summed E-state index contributed by atoms with van der Waals surface area (Å²) in [5.41, 5.74) is 0.174. The second-order valence-electron chi connectivity index (χ2n) is 4.58. The molecular formula is C13H16N2O4. The lowest BCUT2D eigenvalue weighted by Crippen LogP contribution is -2.22. The number of nitro benzene ring substituents is 1. The van der Waals surface area contributed by atoms with Crippen LogP contribution >= 0.6 is 0 Å². The molecule has 1 heterocycles. The fourth-order valence-corrected chi connectivity index (χ4v) is 2.15. The summed E-state index contributed by atoms with van der Waals surface area (Å²) in [4.78, 5) is 22.2. The van der Waals surface area contributed by atoms with Gasteiger partial charge in [-0.3, -0.25) is 14.9 Å². The molecule has 1 N–H and O–H groups in total. The molecule has 0 atom stereocenters. The van der Waals surface area contributed by atoms with Crippen LogP contribution in [-0.2, 0) is 9.53 Å². The number of nitrogens with one attached hydrogen (secondary N) is 1. The normalized spacial score (nSPS) is 16.0. The third-order valence-electron chi connectivity index (χ3n) is 3.19. The molecule has 0 bridgehead atoms. The molecule has 19 heavy (non-hydrogen) atoms. The molecule has 1 aromatic carbocycles. The van der Waals surface area contributed by atoms with Crippen LogP contribution in [0.25, 0.3) is 0 Å². The lowest BCUT2D eigenvalue weighted by Gasteiger charge is -2.21. The van der Waals surface area contributed by atoms with E-state index in [1.54, 1.807) is 18.2 Å². The van der Waals surface area contributed by atoms with Gasteiger partial charge in [0.05, 0.1) is 4.92 Å². The number of benzene rings is 1. The molecule has 0 aromatic heterocycles. The van der Waals surface area contributed by atoms with Gasteiger partial charge in [-0.1, -0.05) is 12.1 Å². The molecule has 1 aliphatic heterocycles. The highest BCUT2D eigenvalue weighted by molar-refractivity contribution is 5.93. The van der Waals surface area contributed by atoms with Crippen LogP contribution in [0.3, 0.4) is 0 Å². The standard InChI is InChI=1S/C13H16N2O4/c16-13(9-10-5-7-19-8-6-10)14-11-3-1-2-4-12(11)15(17)18/h1-4,10H,5-9H2,(H,14,16). The van der Waals surface area contributed by atoms with Gasteiger partial charge in [-0.15, -0.1) is 0 Å². The summed E-state index contributed by atoms with van der Waals surface area (Å²) >= 11 is 0. The fourth-order valence-electron chi connectivity index (χ4n) is 2.15. The smallest absolute Gasteiger partial charge is 0.292 e. The van der Waals surface area contributed by atoms with Crippen LogP contribution in [-0.4, -0.2) is 24.0 Å². The zero-order chi connectivity index (χ0) is 13.7. The molecule has 0 aliphatic carbocycles. The fraction of sp³-hybridized carbons (Fsp3) is 0.462. The molecule has 1 amide bonds. The average Bonchev–Trinajstić information content (AvgIpc) is 2.40. The van der Waals surface area contributed by atoms with E-state index in [0.29, 0.717) is 25.6 Å². The molecule has 0 radical (unpaired) electrons. The Morgan fingerprint density at radius 2 is 2.05 bits per heavy atom. The molecule has 102 valence electrons. The quantitative estimate of drug-likeness (QED) is 0.668. The average molecular weight is 264 g/mol. The highest BCUT2D eigenvalue weighted by Crippen LogP contribution is 2.24. The molecule has 1 aliphatic rings. The molecule has 6 heteroatoms. The van der Waals surface area contributed by atoms with E-state index >= 15 is 0 Å². The van der Waals surface area contributed by atoms with Crippen LogP contribution in [0.2, 0.25) is 0 Å². The minimum absolute atomic E-state index is 0.0807. The lowest BCUT2D eigenvalue weighted by molar-refractivity contribution is -0.383. The molecule has 1 fully saturated rings.